The molecule has 1 amide bonds. The number of hydrogen-bond acceptors (Lipinski definition) is 4. The van der Waals surface area contributed by atoms with Crippen molar-refractivity contribution in [2.75, 3.05) is 10.6 Å². The molecule has 3 N–H and O–H groups in total. The van der Waals surface area contributed by atoms with Crippen molar-refractivity contribution in [3.63, 3.8) is 0 Å². The standard InChI is InChI=1S/C24H23FN4O2/c1-13-9-18-21(19(30)10-13)23(27-15-5-3-2-4-6-15)22(28-18)14-7-8-26-20(11-14)29-24(31)16-12-17(16)25/h2-8,11,13,16-17,27-28H,9-10,12H2,1H3,(H,26,29,31)/t13?,16-,17+/m0/s1. The van der Waals surface area contributed by atoms with Crippen LogP contribution in [-0.4, -0.2) is 27.8 Å². The molecule has 0 radical (unpaired) electrons. The summed E-state index contributed by atoms with van der Waals surface area (Å²) in [5.74, 6) is -0.192. The molecule has 2 heterocycles. The Labute approximate surface area is 179 Å². The highest BCUT2D eigenvalue weighted by molar-refractivity contribution is 6.07. The molecule has 2 aromatic heterocycles. The minimum atomic E-state index is -1.06. The number of Topliss-reactive ketones (excluding diaryl/α,β-unsaturated/α-hetero) is 1. The Bertz CT molecular complexity index is 1160. The molecule has 6 nitrogen and oxygen atoms in total. The summed E-state index contributed by atoms with van der Waals surface area (Å²) in [6.07, 6.45) is 2.10. The fourth-order valence-corrected chi connectivity index (χ4v) is 4.17. The number of alkyl halides is 1. The summed E-state index contributed by atoms with van der Waals surface area (Å²) in [6, 6.07) is 13.3. The number of hydrogen-bond donors (Lipinski definition) is 3. The topological polar surface area (TPSA) is 86.9 Å². The van der Waals surface area contributed by atoms with Crippen molar-refractivity contribution in [3.05, 3.63) is 59.9 Å². The lowest BCUT2D eigenvalue weighted by Gasteiger charge is -2.18. The van der Waals surface area contributed by atoms with Gasteiger partial charge in [0.1, 0.15) is 12.0 Å². The second-order valence-electron chi connectivity index (χ2n) is 8.43. The number of amides is 1. The van der Waals surface area contributed by atoms with Gasteiger partial charge in [-0.05, 0) is 43.0 Å². The second-order valence-corrected chi connectivity index (χ2v) is 8.43. The van der Waals surface area contributed by atoms with Crippen molar-refractivity contribution >= 4 is 28.9 Å². The Hall–Kier alpha value is -3.48. The highest BCUT2D eigenvalue weighted by atomic mass is 19.1. The van der Waals surface area contributed by atoms with Crippen LogP contribution in [0.3, 0.4) is 0 Å². The zero-order chi connectivity index (χ0) is 21.5. The summed E-state index contributed by atoms with van der Waals surface area (Å²) in [5.41, 5.74) is 4.76. The van der Waals surface area contributed by atoms with Crippen LogP contribution in [0.2, 0.25) is 0 Å². The summed E-state index contributed by atoms with van der Waals surface area (Å²) in [7, 11) is 0. The monoisotopic (exact) mass is 418 g/mol. The van der Waals surface area contributed by atoms with E-state index in [2.05, 4.69) is 27.5 Å². The summed E-state index contributed by atoms with van der Waals surface area (Å²) < 4.78 is 13.2. The first-order chi connectivity index (χ1) is 15.0. The number of carbonyl (C=O) groups is 2. The van der Waals surface area contributed by atoms with E-state index in [1.54, 1.807) is 12.3 Å². The molecule has 1 aromatic carbocycles. The maximum Gasteiger partial charge on any atom is 0.231 e. The predicted molar refractivity (Wildman–Crippen MR) is 117 cm³/mol. The van der Waals surface area contributed by atoms with Crippen LogP contribution < -0.4 is 10.6 Å². The lowest BCUT2D eigenvalue weighted by Crippen LogP contribution is -2.17. The normalized spacial score (nSPS) is 22.0. The smallest absolute Gasteiger partial charge is 0.231 e. The number of H-pyrrole nitrogens is 1. The minimum absolute atomic E-state index is 0.111. The van der Waals surface area contributed by atoms with Gasteiger partial charge in [-0.1, -0.05) is 25.1 Å². The van der Waals surface area contributed by atoms with Crippen LogP contribution in [0.15, 0.2) is 48.7 Å². The first kappa shape index (κ1) is 19.5. The molecule has 1 saturated carbocycles. The van der Waals surface area contributed by atoms with E-state index < -0.39 is 12.1 Å². The molecule has 1 unspecified atom stereocenters. The maximum atomic E-state index is 13.2. The number of anilines is 3. The molecule has 0 spiro atoms. The average Bonchev–Trinajstić information content (AvgIpc) is 3.38. The maximum absolute atomic E-state index is 13.2. The Kier molecular flexibility index (Phi) is 4.81. The van der Waals surface area contributed by atoms with Crippen LogP contribution in [0.25, 0.3) is 11.3 Å². The molecule has 1 fully saturated rings. The van der Waals surface area contributed by atoms with E-state index in [0.29, 0.717) is 17.8 Å². The van der Waals surface area contributed by atoms with E-state index >= 15 is 0 Å². The number of pyridine rings is 1. The molecule has 0 aliphatic heterocycles. The van der Waals surface area contributed by atoms with Gasteiger partial charge in [0.15, 0.2) is 5.78 Å². The fourth-order valence-electron chi connectivity index (χ4n) is 4.17. The van der Waals surface area contributed by atoms with Crippen molar-refractivity contribution in [1.29, 1.82) is 0 Å². The molecular weight excluding hydrogens is 395 g/mol. The van der Waals surface area contributed by atoms with Crippen molar-refractivity contribution in [1.82, 2.24) is 9.97 Å². The van der Waals surface area contributed by atoms with E-state index in [1.165, 1.54) is 0 Å². The lowest BCUT2D eigenvalue weighted by molar-refractivity contribution is -0.117. The van der Waals surface area contributed by atoms with Crippen LogP contribution in [0.5, 0.6) is 0 Å². The van der Waals surface area contributed by atoms with Gasteiger partial charge in [-0.3, -0.25) is 9.59 Å². The third kappa shape index (κ3) is 3.83. The van der Waals surface area contributed by atoms with Crippen molar-refractivity contribution in [2.45, 2.75) is 32.4 Å². The SMILES string of the molecule is CC1CC(=O)c2c([nH]c(-c3ccnc(NC(=O)[C@H]4C[C@H]4F)c3)c2Nc2ccccc2)C1. The molecule has 0 bridgehead atoms. The second kappa shape index (κ2) is 7.65. The van der Waals surface area contributed by atoms with Gasteiger partial charge in [-0.2, -0.15) is 0 Å². The van der Waals surface area contributed by atoms with E-state index in [9.17, 15) is 14.0 Å². The average molecular weight is 418 g/mol. The van der Waals surface area contributed by atoms with Crippen molar-refractivity contribution in [3.8, 4) is 11.3 Å². The Morgan fingerprint density at radius 2 is 1.97 bits per heavy atom. The van der Waals surface area contributed by atoms with E-state index in [4.69, 9.17) is 0 Å². The number of para-hydroxylation sites is 1. The molecule has 5 rings (SSSR count). The summed E-state index contributed by atoms with van der Waals surface area (Å²) in [6.45, 7) is 2.07. The third-order valence-electron chi connectivity index (χ3n) is 5.84. The Morgan fingerprint density at radius 3 is 2.71 bits per heavy atom. The summed E-state index contributed by atoms with van der Waals surface area (Å²) in [4.78, 5) is 32.7. The van der Waals surface area contributed by atoms with Crippen molar-refractivity contribution in [2.24, 2.45) is 11.8 Å². The number of halogens is 1. The van der Waals surface area contributed by atoms with Gasteiger partial charge < -0.3 is 15.6 Å². The van der Waals surface area contributed by atoms with E-state index in [-0.39, 0.29) is 24.0 Å². The lowest BCUT2D eigenvalue weighted by atomic mass is 9.87. The number of rotatable bonds is 5. The molecule has 158 valence electrons. The first-order valence-electron chi connectivity index (χ1n) is 10.5. The molecule has 0 saturated heterocycles. The number of carbonyl (C=O) groups excluding carboxylic acids is 2. The van der Waals surface area contributed by atoms with Gasteiger partial charge in [0.2, 0.25) is 5.91 Å². The Balaban J connectivity index is 1.54. The van der Waals surface area contributed by atoms with Gasteiger partial charge in [0.05, 0.1) is 22.9 Å². The van der Waals surface area contributed by atoms with Crippen molar-refractivity contribution < 1.29 is 14.0 Å². The van der Waals surface area contributed by atoms with Crippen LogP contribution in [0, 0.1) is 11.8 Å². The number of aromatic amines is 1. The van der Waals surface area contributed by atoms with Gasteiger partial charge >= 0.3 is 0 Å². The molecule has 3 aromatic rings. The number of benzene rings is 1. The molecule has 2 aliphatic rings. The number of aromatic nitrogens is 2. The molecule has 7 heteroatoms. The number of fused-ring (bicyclic) bond motifs is 1. The Morgan fingerprint density at radius 1 is 1.19 bits per heavy atom. The summed E-state index contributed by atoms with van der Waals surface area (Å²) in [5, 5.41) is 6.11. The summed E-state index contributed by atoms with van der Waals surface area (Å²) >= 11 is 0. The van der Waals surface area contributed by atoms with Crippen LogP contribution in [0.4, 0.5) is 21.6 Å². The number of nitrogens with zero attached hydrogens (tertiary/aromatic N) is 1. The van der Waals surface area contributed by atoms with Crippen LogP contribution >= 0.6 is 0 Å². The third-order valence-corrected chi connectivity index (χ3v) is 5.84. The van der Waals surface area contributed by atoms with Crippen LogP contribution in [0.1, 0.15) is 35.8 Å². The molecular formula is C24H23FN4O2. The van der Waals surface area contributed by atoms with E-state index in [0.717, 1.165) is 34.7 Å². The highest BCUT2D eigenvalue weighted by Gasteiger charge is 2.43. The largest absolute Gasteiger partial charge is 0.356 e. The molecule has 2 aliphatic carbocycles. The number of ketones is 1. The highest BCUT2D eigenvalue weighted by Crippen LogP contribution is 2.40. The zero-order valence-corrected chi connectivity index (χ0v) is 17.1. The number of nitrogens with one attached hydrogen (secondary N) is 3. The zero-order valence-electron chi connectivity index (χ0n) is 17.1. The van der Waals surface area contributed by atoms with Gasteiger partial charge in [-0.15, -0.1) is 0 Å². The first-order valence-corrected chi connectivity index (χ1v) is 10.5. The van der Waals surface area contributed by atoms with Gasteiger partial charge in [-0.25, -0.2) is 9.37 Å². The predicted octanol–water partition coefficient (Wildman–Crippen LogP) is 4.88. The minimum Gasteiger partial charge on any atom is -0.356 e. The quantitative estimate of drug-likeness (QED) is 0.551. The molecule has 31 heavy (non-hydrogen) atoms. The van der Waals surface area contributed by atoms with Gasteiger partial charge in [0, 0.05) is 29.6 Å². The molecule has 3 atom stereocenters. The van der Waals surface area contributed by atoms with Gasteiger partial charge in [0.25, 0.3) is 0 Å². The van der Waals surface area contributed by atoms with Crippen LogP contribution in [-0.2, 0) is 11.2 Å². The van der Waals surface area contributed by atoms with E-state index in [1.807, 2.05) is 36.4 Å². The fraction of sp³-hybridized carbons (Fsp3) is 0.292.